The third-order valence-corrected chi connectivity index (χ3v) is 2.07. The van der Waals surface area contributed by atoms with Gasteiger partial charge in [0.1, 0.15) is 6.29 Å². The molecule has 0 aromatic heterocycles. The predicted molar refractivity (Wildman–Crippen MR) is 40.4 cm³/mol. The molecular weight excluding hydrogens is 126 g/mol. The molecule has 1 rings (SSSR count). The Morgan fingerprint density at radius 3 is 2.90 bits per heavy atom. The molecule has 2 heteroatoms. The van der Waals surface area contributed by atoms with Gasteiger partial charge in [-0.3, -0.25) is 0 Å². The van der Waals surface area contributed by atoms with Crippen molar-refractivity contribution in [2.24, 2.45) is 5.92 Å². The van der Waals surface area contributed by atoms with E-state index in [1.807, 2.05) is 0 Å². The molecule has 1 saturated carbocycles. The van der Waals surface area contributed by atoms with Gasteiger partial charge in [0.15, 0.2) is 0 Å². The van der Waals surface area contributed by atoms with Gasteiger partial charge in [-0.2, -0.15) is 0 Å². The van der Waals surface area contributed by atoms with E-state index in [-0.39, 0.29) is 5.92 Å². The predicted octanol–water partition coefficient (Wildman–Crippen LogP) is 1.79. The zero-order valence-corrected chi connectivity index (χ0v) is 6.10. The van der Waals surface area contributed by atoms with Crippen LogP contribution in [-0.2, 0) is 4.79 Å². The Balaban J connectivity index is 2.51. The molecule has 0 aliphatic heterocycles. The van der Waals surface area contributed by atoms with Crippen LogP contribution in [0.5, 0.6) is 0 Å². The number of hydrogen-bond donors (Lipinski definition) is 1. The lowest BCUT2D eigenvalue weighted by molar-refractivity contribution is -0.109. The molecule has 2 nitrogen and oxygen atoms in total. The van der Waals surface area contributed by atoms with Crippen molar-refractivity contribution in [3.63, 3.8) is 0 Å². The van der Waals surface area contributed by atoms with Gasteiger partial charge in [-0.05, 0) is 19.3 Å². The van der Waals surface area contributed by atoms with Crippen molar-refractivity contribution < 1.29 is 4.79 Å². The van der Waals surface area contributed by atoms with E-state index in [0.717, 1.165) is 32.0 Å². The van der Waals surface area contributed by atoms with Gasteiger partial charge in [-0.15, -0.1) is 0 Å². The first-order valence-corrected chi connectivity index (χ1v) is 3.87. The zero-order valence-electron chi connectivity index (χ0n) is 6.10. The lowest BCUT2D eigenvalue weighted by Gasteiger charge is -2.04. The lowest BCUT2D eigenvalue weighted by atomic mass is 10.0. The van der Waals surface area contributed by atoms with Crippen LogP contribution >= 0.6 is 0 Å². The van der Waals surface area contributed by atoms with Crippen LogP contribution < -0.4 is 0 Å². The van der Waals surface area contributed by atoms with Crippen molar-refractivity contribution in [1.29, 1.82) is 5.41 Å². The normalized spacial score (nSPS) is 27.6. The highest BCUT2D eigenvalue weighted by atomic mass is 16.1. The molecule has 1 N–H and O–H groups in total. The van der Waals surface area contributed by atoms with E-state index in [4.69, 9.17) is 5.41 Å². The van der Waals surface area contributed by atoms with E-state index in [1.54, 1.807) is 0 Å². The first-order valence-electron chi connectivity index (χ1n) is 3.87. The highest BCUT2D eigenvalue weighted by molar-refractivity contribution is 5.95. The minimum Gasteiger partial charge on any atom is -0.309 e. The van der Waals surface area contributed by atoms with Gasteiger partial charge in [0, 0.05) is 5.71 Å². The van der Waals surface area contributed by atoms with Crippen LogP contribution in [0.15, 0.2) is 0 Å². The summed E-state index contributed by atoms with van der Waals surface area (Å²) in [6, 6.07) is 0. The maximum atomic E-state index is 10.4. The van der Waals surface area contributed by atoms with Gasteiger partial charge in [-0.1, -0.05) is 12.8 Å². The van der Waals surface area contributed by atoms with Crippen molar-refractivity contribution in [3.8, 4) is 0 Å². The number of hydrogen-bond acceptors (Lipinski definition) is 2. The largest absolute Gasteiger partial charge is 0.309 e. The Hall–Kier alpha value is -0.660. The van der Waals surface area contributed by atoms with Gasteiger partial charge < -0.3 is 10.2 Å². The Morgan fingerprint density at radius 1 is 1.40 bits per heavy atom. The minimum atomic E-state index is -0.0532. The van der Waals surface area contributed by atoms with Gasteiger partial charge in [-0.25, -0.2) is 0 Å². The number of aldehydes is 1. The van der Waals surface area contributed by atoms with E-state index < -0.39 is 0 Å². The van der Waals surface area contributed by atoms with Gasteiger partial charge in [0.05, 0.1) is 5.92 Å². The number of carbonyl (C=O) groups is 1. The van der Waals surface area contributed by atoms with Crippen LogP contribution in [0.25, 0.3) is 0 Å². The second-order valence-corrected chi connectivity index (χ2v) is 2.87. The third kappa shape index (κ3) is 1.66. The fourth-order valence-electron chi connectivity index (χ4n) is 1.37. The second kappa shape index (κ2) is 3.49. The molecule has 1 aliphatic rings. The van der Waals surface area contributed by atoms with E-state index in [2.05, 4.69) is 0 Å². The Kier molecular flexibility index (Phi) is 2.60. The van der Waals surface area contributed by atoms with E-state index in [9.17, 15) is 4.79 Å². The van der Waals surface area contributed by atoms with Gasteiger partial charge in [0.25, 0.3) is 0 Å². The Bertz CT molecular complexity index is 142. The molecule has 10 heavy (non-hydrogen) atoms. The summed E-state index contributed by atoms with van der Waals surface area (Å²) in [5.74, 6) is -0.0532. The summed E-state index contributed by atoms with van der Waals surface area (Å²) >= 11 is 0. The maximum absolute atomic E-state index is 10.4. The average Bonchev–Trinajstić information content (AvgIpc) is 2.13. The second-order valence-electron chi connectivity index (χ2n) is 2.87. The van der Waals surface area contributed by atoms with Crippen molar-refractivity contribution >= 4 is 12.0 Å². The topological polar surface area (TPSA) is 40.9 Å². The van der Waals surface area contributed by atoms with E-state index >= 15 is 0 Å². The zero-order chi connectivity index (χ0) is 7.40. The third-order valence-electron chi connectivity index (χ3n) is 2.07. The maximum Gasteiger partial charge on any atom is 0.128 e. The first-order chi connectivity index (χ1) is 4.84. The molecule has 1 fully saturated rings. The highest BCUT2D eigenvalue weighted by Gasteiger charge is 2.15. The van der Waals surface area contributed by atoms with Crippen LogP contribution in [0.4, 0.5) is 0 Å². The summed E-state index contributed by atoms with van der Waals surface area (Å²) in [6.07, 6.45) is 6.07. The Morgan fingerprint density at radius 2 is 2.20 bits per heavy atom. The highest BCUT2D eigenvalue weighted by Crippen LogP contribution is 2.18. The van der Waals surface area contributed by atoms with Crippen LogP contribution in [0.1, 0.15) is 32.1 Å². The van der Waals surface area contributed by atoms with Crippen molar-refractivity contribution in [3.05, 3.63) is 0 Å². The number of nitrogens with one attached hydrogen (secondary N) is 1. The quantitative estimate of drug-likeness (QED) is 0.436. The molecule has 0 amide bonds. The molecule has 0 radical (unpaired) electrons. The molecular formula is C8H13NO. The van der Waals surface area contributed by atoms with Crippen LogP contribution in [-0.4, -0.2) is 12.0 Å². The molecule has 0 aromatic rings. The summed E-state index contributed by atoms with van der Waals surface area (Å²) in [6.45, 7) is 0. The minimum absolute atomic E-state index is 0.0532. The summed E-state index contributed by atoms with van der Waals surface area (Å²) < 4.78 is 0. The molecule has 0 saturated heterocycles. The van der Waals surface area contributed by atoms with Crippen LogP contribution in [0.3, 0.4) is 0 Å². The summed E-state index contributed by atoms with van der Waals surface area (Å²) in [5, 5.41) is 7.45. The molecule has 0 heterocycles. The summed E-state index contributed by atoms with van der Waals surface area (Å²) in [5.41, 5.74) is 0.646. The van der Waals surface area contributed by atoms with Crippen molar-refractivity contribution in [1.82, 2.24) is 0 Å². The average molecular weight is 139 g/mol. The lowest BCUT2D eigenvalue weighted by Crippen LogP contribution is -2.12. The molecule has 0 spiro atoms. The van der Waals surface area contributed by atoms with Gasteiger partial charge >= 0.3 is 0 Å². The SMILES string of the molecule is N=C1CCCCCC1C=O. The molecule has 56 valence electrons. The number of rotatable bonds is 1. The molecule has 1 unspecified atom stereocenters. The van der Waals surface area contributed by atoms with Crippen LogP contribution in [0, 0.1) is 11.3 Å². The number of carbonyl (C=O) groups excluding carboxylic acids is 1. The van der Waals surface area contributed by atoms with Crippen molar-refractivity contribution in [2.45, 2.75) is 32.1 Å². The standard InChI is InChI=1S/C8H13NO/c9-8-5-3-1-2-4-7(8)6-10/h6-7,9H,1-5H2. The van der Waals surface area contributed by atoms with Crippen LogP contribution in [0.2, 0.25) is 0 Å². The van der Waals surface area contributed by atoms with Crippen molar-refractivity contribution in [2.75, 3.05) is 0 Å². The monoisotopic (exact) mass is 139 g/mol. The Labute approximate surface area is 61.1 Å². The van der Waals surface area contributed by atoms with E-state index in [0.29, 0.717) is 5.71 Å². The fraction of sp³-hybridized carbons (Fsp3) is 0.750. The van der Waals surface area contributed by atoms with Gasteiger partial charge in [0.2, 0.25) is 0 Å². The molecule has 0 aromatic carbocycles. The molecule has 1 aliphatic carbocycles. The smallest absolute Gasteiger partial charge is 0.128 e. The first kappa shape index (κ1) is 7.45. The fourth-order valence-corrected chi connectivity index (χ4v) is 1.37. The summed E-state index contributed by atoms with van der Waals surface area (Å²) in [4.78, 5) is 10.4. The van der Waals surface area contributed by atoms with E-state index in [1.165, 1.54) is 6.42 Å². The molecule has 1 atom stereocenters. The molecule has 0 bridgehead atoms. The summed E-state index contributed by atoms with van der Waals surface area (Å²) in [7, 11) is 0.